The number of carbonyl (C=O) groups excluding carboxylic acids is 1. The number of nitrogens with one attached hydrogen (secondary N) is 3. The van der Waals surface area contributed by atoms with Gasteiger partial charge in [-0.2, -0.15) is 0 Å². The van der Waals surface area contributed by atoms with Crippen LogP contribution in [0, 0.1) is 20.8 Å². The Morgan fingerprint density at radius 3 is 2.12 bits per heavy atom. The van der Waals surface area contributed by atoms with Crippen molar-refractivity contribution in [2.75, 3.05) is 16.0 Å². The number of aryl methyl sites for hydroxylation is 3. The van der Waals surface area contributed by atoms with Gasteiger partial charge < -0.3 is 16.0 Å². The molecule has 0 aliphatic rings. The average Bonchev–Trinajstić information content (AvgIpc) is 2.77. The minimum atomic E-state index is -0.134. The second kappa shape index (κ2) is 9.26. The smallest absolute Gasteiger partial charge is 0.255 e. The molecule has 7 nitrogen and oxygen atoms in total. The molecule has 0 radical (unpaired) electrons. The fourth-order valence-corrected chi connectivity index (χ4v) is 3.13. The number of amides is 1. The van der Waals surface area contributed by atoms with Gasteiger partial charge in [-0.15, -0.1) is 0 Å². The number of nitrogens with zero attached hydrogens (tertiary/aromatic N) is 3. The number of hydrogen-bond donors (Lipinski definition) is 3. The van der Waals surface area contributed by atoms with Crippen molar-refractivity contribution in [2.24, 2.45) is 0 Å². The Morgan fingerprint density at radius 1 is 0.719 bits per heavy atom. The largest absolute Gasteiger partial charge is 0.340 e. The summed E-state index contributed by atoms with van der Waals surface area (Å²) in [5.41, 5.74) is 4.45. The van der Waals surface area contributed by atoms with Crippen LogP contribution in [0.5, 0.6) is 0 Å². The summed E-state index contributed by atoms with van der Waals surface area (Å²) in [7, 11) is 0. The molecule has 2 aromatic carbocycles. The lowest BCUT2D eigenvalue weighted by molar-refractivity contribution is 0.102. The molecule has 4 rings (SSSR count). The average molecular weight is 425 g/mol. The van der Waals surface area contributed by atoms with Gasteiger partial charge in [0.25, 0.3) is 5.91 Å². The minimum absolute atomic E-state index is 0.134. The van der Waals surface area contributed by atoms with Gasteiger partial charge in [0.1, 0.15) is 23.3 Å². The lowest BCUT2D eigenvalue weighted by Crippen LogP contribution is -2.12. The number of carbonyl (C=O) groups is 1. The van der Waals surface area contributed by atoms with Crippen molar-refractivity contribution in [3.8, 4) is 0 Å². The van der Waals surface area contributed by atoms with E-state index in [9.17, 15) is 4.79 Å². The lowest BCUT2D eigenvalue weighted by Gasteiger charge is -2.11. The summed E-state index contributed by atoms with van der Waals surface area (Å²) in [6.07, 6.45) is 1.72. The first-order valence-electron chi connectivity index (χ1n) is 10.3. The Labute approximate surface area is 187 Å². The summed E-state index contributed by atoms with van der Waals surface area (Å²) in [6, 6.07) is 20.6. The van der Waals surface area contributed by atoms with Crippen LogP contribution in [0.4, 0.5) is 28.8 Å². The van der Waals surface area contributed by atoms with E-state index in [1.165, 1.54) is 0 Å². The first-order valence-corrected chi connectivity index (χ1v) is 10.3. The second-order valence-electron chi connectivity index (χ2n) is 7.48. The van der Waals surface area contributed by atoms with Crippen LogP contribution in [-0.4, -0.2) is 20.9 Å². The number of rotatable bonds is 6. The third kappa shape index (κ3) is 5.26. The van der Waals surface area contributed by atoms with Gasteiger partial charge in [0.15, 0.2) is 0 Å². The number of hydrogen-bond acceptors (Lipinski definition) is 6. The molecule has 0 unspecified atom stereocenters. The van der Waals surface area contributed by atoms with Crippen LogP contribution in [0.2, 0.25) is 0 Å². The molecule has 0 saturated heterocycles. The molecule has 0 aliphatic heterocycles. The molecular formula is C25H24N6O. The number of aromatic nitrogens is 3. The molecule has 7 heteroatoms. The zero-order chi connectivity index (χ0) is 22.5. The van der Waals surface area contributed by atoms with E-state index in [0.29, 0.717) is 28.8 Å². The predicted octanol–water partition coefficient (Wildman–Crippen LogP) is 5.54. The molecule has 0 saturated carbocycles. The molecule has 2 aromatic heterocycles. The number of pyridine rings is 1. The van der Waals surface area contributed by atoms with Crippen LogP contribution in [0.25, 0.3) is 0 Å². The van der Waals surface area contributed by atoms with E-state index in [2.05, 4.69) is 30.9 Å². The molecule has 160 valence electrons. The van der Waals surface area contributed by atoms with Gasteiger partial charge in [0.05, 0.1) is 0 Å². The van der Waals surface area contributed by atoms with Gasteiger partial charge in [-0.1, -0.05) is 12.1 Å². The van der Waals surface area contributed by atoms with Crippen molar-refractivity contribution in [3.05, 3.63) is 95.4 Å². The highest BCUT2D eigenvalue weighted by Gasteiger charge is 2.08. The van der Waals surface area contributed by atoms with Crippen LogP contribution in [0.1, 0.15) is 27.3 Å². The molecule has 2 heterocycles. The SMILES string of the molecule is Cc1nc(Nc2ccc(NC(=O)c3ccc(C)c(C)c3)cc2)cc(Nc2ccccn2)n1. The third-order valence-corrected chi connectivity index (χ3v) is 4.94. The number of benzene rings is 2. The summed E-state index contributed by atoms with van der Waals surface area (Å²) < 4.78 is 0. The Kier molecular flexibility index (Phi) is 6.07. The van der Waals surface area contributed by atoms with E-state index >= 15 is 0 Å². The summed E-state index contributed by atoms with van der Waals surface area (Å²) in [5, 5.41) is 9.38. The van der Waals surface area contributed by atoms with E-state index in [-0.39, 0.29) is 5.91 Å². The lowest BCUT2D eigenvalue weighted by atomic mass is 10.1. The topological polar surface area (TPSA) is 91.8 Å². The van der Waals surface area contributed by atoms with E-state index in [1.807, 2.05) is 87.5 Å². The Hall–Kier alpha value is -4.26. The number of anilines is 5. The fraction of sp³-hybridized carbons (Fsp3) is 0.120. The molecule has 0 spiro atoms. The van der Waals surface area contributed by atoms with Crippen molar-refractivity contribution in [1.29, 1.82) is 0 Å². The zero-order valence-electron chi connectivity index (χ0n) is 18.2. The van der Waals surface area contributed by atoms with E-state index in [1.54, 1.807) is 6.20 Å². The van der Waals surface area contributed by atoms with Crippen molar-refractivity contribution < 1.29 is 4.79 Å². The van der Waals surface area contributed by atoms with Crippen LogP contribution < -0.4 is 16.0 Å². The Bertz CT molecular complexity index is 1240. The maximum Gasteiger partial charge on any atom is 0.255 e. The van der Waals surface area contributed by atoms with Gasteiger partial charge in [0, 0.05) is 29.2 Å². The van der Waals surface area contributed by atoms with Crippen molar-refractivity contribution >= 4 is 34.7 Å². The first-order chi connectivity index (χ1) is 15.5. The van der Waals surface area contributed by atoms with Crippen molar-refractivity contribution in [3.63, 3.8) is 0 Å². The molecule has 1 amide bonds. The van der Waals surface area contributed by atoms with Gasteiger partial charge in [-0.25, -0.2) is 15.0 Å². The van der Waals surface area contributed by atoms with Gasteiger partial charge in [0.2, 0.25) is 0 Å². The zero-order valence-corrected chi connectivity index (χ0v) is 18.2. The molecule has 4 aromatic rings. The first kappa shape index (κ1) is 21.0. The highest BCUT2D eigenvalue weighted by Crippen LogP contribution is 2.21. The Balaban J connectivity index is 1.43. The van der Waals surface area contributed by atoms with Crippen LogP contribution in [0.3, 0.4) is 0 Å². The van der Waals surface area contributed by atoms with Crippen molar-refractivity contribution in [1.82, 2.24) is 15.0 Å². The van der Waals surface area contributed by atoms with E-state index in [0.717, 1.165) is 22.5 Å². The molecule has 3 N–H and O–H groups in total. The predicted molar refractivity (Wildman–Crippen MR) is 128 cm³/mol. The molecular weight excluding hydrogens is 400 g/mol. The molecule has 0 atom stereocenters. The van der Waals surface area contributed by atoms with Crippen LogP contribution >= 0.6 is 0 Å². The monoisotopic (exact) mass is 424 g/mol. The van der Waals surface area contributed by atoms with E-state index in [4.69, 9.17) is 0 Å². The highest BCUT2D eigenvalue weighted by molar-refractivity contribution is 6.04. The normalized spacial score (nSPS) is 10.5. The maximum absolute atomic E-state index is 12.5. The Morgan fingerprint density at radius 2 is 1.44 bits per heavy atom. The molecule has 0 aliphatic carbocycles. The molecule has 32 heavy (non-hydrogen) atoms. The van der Waals surface area contributed by atoms with Crippen LogP contribution in [-0.2, 0) is 0 Å². The van der Waals surface area contributed by atoms with Gasteiger partial charge in [-0.05, 0) is 80.4 Å². The van der Waals surface area contributed by atoms with Crippen molar-refractivity contribution in [2.45, 2.75) is 20.8 Å². The van der Waals surface area contributed by atoms with Crippen LogP contribution in [0.15, 0.2) is 72.9 Å². The summed E-state index contributed by atoms with van der Waals surface area (Å²) in [5.74, 6) is 2.51. The third-order valence-electron chi connectivity index (χ3n) is 4.94. The summed E-state index contributed by atoms with van der Waals surface area (Å²) in [4.78, 5) is 25.6. The summed E-state index contributed by atoms with van der Waals surface area (Å²) >= 11 is 0. The maximum atomic E-state index is 12.5. The van der Waals surface area contributed by atoms with Gasteiger partial charge in [-0.3, -0.25) is 4.79 Å². The quantitative estimate of drug-likeness (QED) is 0.377. The van der Waals surface area contributed by atoms with E-state index < -0.39 is 0 Å². The second-order valence-corrected chi connectivity index (χ2v) is 7.48. The highest BCUT2D eigenvalue weighted by atomic mass is 16.1. The van der Waals surface area contributed by atoms with Gasteiger partial charge >= 0.3 is 0 Å². The fourth-order valence-electron chi connectivity index (χ4n) is 3.13. The molecule has 0 fully saturated rings. The standard InChI is InChI=1S/C25H24N6O/c1-16-7-8-19(14-17(16)2)25(32)30-21-11-9-20(10-12-21)29-23-15-24(28-18(3)27-23)31-22-6-4-5-13-26-22/h4-15H,1-3H3,(H,30,32)(H2,26,27,28,29,31). The summed E-state index contributed by atoms with van der Waals surface area (Å²) in [6.45, 7) is 5.86. The molecule has 0 bridgehead atoms. The minimum Gasteiger partial charge on any atom is -0.340 e.